The van der Waals surface area contributed by atoms with Gasteiger partial charge in [0.2, 0.25) is 5.91 Å². The van der Waals surface area contributed by atoms with E-state index < -0.39 is 0 Å². The van der Waals surface area contributed by atoms with Gasteiger partial charge in [-0.1, -0.05) is 50.2 Å². The molecule has 7 heteroatoms. The molecule has 0 spiro atoms. The summed E-state index contributed by atoms with van der Waals surface area (Å²) in [6.07, 6.45) is 0.182. The number of anilines is 1. The number of nitrogens with zero attached hydrogens (tertiary/aromatic N) is 1. The first-order chi connectivity index (χ1) is 13.0. The van der Waals surface area contributed by atoms with Crippen molar-refractivity contribution >= 4 is 39.6 Å². The van der Waals surface area contributed by atoms with Crippen LogP contribution in [0.2, 0.25) is 0 Å². The number of hydrogen-bond donors (Lipinski definition) is 2. The van der Waals surface area contributed by atoms with Crippen molar-refractivity contribution in [3.8, 4) is 0 Å². The highest BCUT2D eigenvalue weighted by Crippen LogP contribution is 2.22. The van der Waals surface area contributed by atoms with Crippen LogP contribution in [-0.2, 0) is 11.2 Å². The van der Waals surface area contributed by atoms with E-state index in [1.807, 2.05) is 41.8 Å². The molecule has 2 amide bonds. The molecule has 0 aliphatic rings. The van der Waals surface area contributed by atoms with E-state index in [4.69, 9.17) is 0 Å². The Morgan fingerprint density at radius 1 is 1.07 bits per heavy atom. The zero-order valence-electron chi connectivity index (χ0n) is 15.1. The van der Waals surface area contributed by atoms with Crippen molar-refractivity contribution in [2.45, 2.75) is 26.3 Å². The molecule has 0 aliphatic heterocycles. The van der Waals surface area contributed by atoms with Crippen molar-refractivity contribution in [1.29, 1.82) is 0 Å². The average molecular weight is 400 g/mol. The second-order valence-electron chi connectivity index (χ2n) is 6.45. The summed E-state index contributed by atoms with van der Waals surface area (Å²) in [5, 5.41) is 10.0. The molecule has 0 fully saturated rings. The number of rotatable bonds is 7. The van der Waals surface area contributed by atoms with Crippen LogP contribution in [0.25, 0.3) is 0 Å². The molecule has 0 saturated carbocycles. The van der Waals surface area contributed by atoms with Gasteiger partial charge in [-0.05, 0) is 22.9 Å². The SMILES string of the molecule is CC(C)C(NC(=O)Cc1csc(NC(=O)c2cccs2)n1)c1ccccc1. The van der Waals surface area contributed by atoms with E-state index in [9.17, 15) is 9.59 Å². The van der Waals surface area contributed by atoms with Crippen molar-refractivity contribution in [2.75, 3.05) is 5.32 Å². The lowest BCUT2D eigenvalue weighted by Gasteiger charge is -2.22. The number of thiophene rings is 1. The van der Waals surface area contributed by atoms with Crippen molar-refractivity contribution < 1.29 is 9.59 Å². The number of benzene rings is 1. The number of thiazole rings is 1. The highest BCUT2D eigenvalue weighted by Gasteiger charge is 2.19. The summed E-state index contributed by atoms with van der Waals surface area (Å²) in [7, 11) is 0. The monoisotopic (exact) mass is 399 g/mol. The third-order valence-electron chi connectivity index (χ3n) is 4.00. The zero-order chi connectivity index (χ0) is 19.2. The van der Waals surface area contributed by atoms with Gasteiger partial charge in [-0.15, -0.1) is 22.7 Å². The third-order valence-corrected chi connectivity index (χ3v) is 5.68. The second kappa shape index (κ2) is 8.92. The van der Waals surface area contributed by atoms with Gasteiger partial charge < -0.3 is 5.32 Å². The molecule has 0 saturated heterocycles. The summed E-state index contributed by atoms with van der Waals surface area (Å²) in [5.74, 6) is 0.00529. The lowest BCUT2D eigenvalue weighted by Crippen LogP contribution is -2.32. The molecule has 0 bridgehead atoms. The fourth-order valence-electron chi connectivity index (χ4n) is 2.70. The van der Waals surface area contributed by atoms with E-state index in [2.05, 4.69) is 29.5 Å². The molecule has 0 aliphatic carbocycles. The Hall–Kier alpha value is -2.51. The lowest BCUT2D eigenvalue weighted by atomic mass is 9.96. The standard InChI is InChI=1S/C20H21N3O2S2/c1-13(2)18(14-7-4-3-5-8-14)22-17(24)11-15-12-27-20(21-15)23-19(25)16-9-6-10-26-16/h3-10,12-13,18H,11H2,1-2H3,(H,22,24)(H,21,23,25). The molecule has 1 aromatic carbocycles. The minimum absolute atomic E-state index is 0.0460. The Bertz CT molecular complexity index is 889. The number of aromatic nitrogens is 1. The summed E-state index contributed by atoms with van der Waals surface area (Å²) >= 11 is 2.70. The summed E-state index contributed by atoms with van der Waals surface area (Å²) in [5.41, 5.74) is 1.73. The van der Waals surface area contributed by atoms with E-state index in [1.54, 1.807) is 11.4 Å². The van der Waals surface area contributed by atoms with Crippen LogP contribution in [0.1, 0.15) is 40.8 Å². The maximum absolute atomic E-state index is 12.5. The molecule has 5 nitrogen and oxygen atoms in total. The van der Waals surface area contributed by atoms with Gasteiger partial charge in [0.25, 0.3) is 5.91 Å². The summed E-state index contributed by atoms with van der Waals surface area (Å²) in [6, 6.07) is 13.5. The van der Waals surface area contributed by atoms with E-state index in [0.29, 0.717) is 15.7 Å². The van der Waals surface area contributed by atoms with Crippen LogP contribution in [0.15, 0.2) is 53.2 Å². The number of carbonyl (C=O) groups is 2. The van der Waals surface area contributed by atoms with Gasteiger partial charge in [0.05, 0.1) is 23.0 Å². The van der Waals surface area contributed by atoms with Crippen LogP contribution in [0.5, 0.6) is 0 Å². The first kappa shape index (κ1) is 19.3. The minimum Gasteiger partial charge on any atom is -0.349 e. The Kier molecular flexibility index (Phi) is 6.36. The van der Waals surface area contributed by atoms with Crippen molar-refractivity contribution in [1.82, 2.24) is 10.3 Å². The molecule has 140 valence electrons. The van der Waals surface area contributed by atoms with Gasteiger partial charge in [-0.25, -0.2) is 4.98 Å². The normalized spacial score (nSPS) is 12.0. The average Bonchev–Trinajstić information content (AvgIpc) is 3.32. The van der Waals surface area contributed by atoms with Crippen LogP contribution < -0.4 is 10.6 Å². The van der Waals surface area contributed by atoms with Crippen LogP contribution in [-0.4, -0.2) is 16.8 Å². The Balaban J connectivity index is 1.59. The van der Waals surface area contributed by atoms with Gasteiger partial charge in [0.15, 0.2) is 5.13 Å². The summed E-state index contributed by atoms with van der Waals surface area (Å²) in [4.78, 5) is 29.5. The summed E-state index contributed by atoms with van der Waals surface area (Å²) in [6.45, 7) is 4.16. The van der Waals surface area contributed by atoms with Gasteiger partial charge in [-0.3, -0.25) is 14.9 Å². The van der Waals surface area contributed by atoms with Gasteiger partial charge in [0, 0.05) is 5.38 Å². The molecule has 1 unspecified atom stereocenters. The fraction of sp³-hybridized carbons (Fsp3) is 0.250. The lowest BCUT2D eigenvalue weighted by molar-refractivity contribution is -0.121. The number of amides is 2. The van der Waals surface area contributed by atoms with Crippen molar-refractivity contribution in [3.63, 3.8) is 0 Å². The Morgan fingerprint density at radius 2 is 1.85 bits per heavy atom. The van der Waals surface area contributed by atoms with E-state index in [0.717, 1.165) is 5.56 Å². The van der Waals surface area contributed by atoms with E-state index in [-0.39, 0.29) is 30.2 Å². The fourth-order valence-corrected chi connectivity index (χ4v) is 4.02. The van der Waals surface area contributed by atoms with Crippen LogP contribution >= 0.6 is 22.7 Å². The largest absolute Gasteiger partial charge is 0.349 e. The first-order valence-corrected chi connectivity index (χ1v) is 10.4. The molecular formula is C20H21N3O2S2. The Labute approximate surface area is 166 Å². The highest BCUT2D eigenvalue weighted by atomic mass is 32.1. The second-order valence-corrected chi connectivity index (χ2v) is 8.26. The topological polar surface area (TPSA) is 71.1 Å². The molecule has 3 aromatic rings. The molecule has 0 radical (unpaired) electrons. The molecule has 2 N–H and O–H groups in total. The first-order valence-electron chi connectivity index (χ1n) is 8.66. The maximum Gasteiger partial charge on any atom is 0.267 e. The zero-order valence-corrected chi connectivity index (χ0v) is 16.8. The van der Waals surface area contributed by atoms with Gasteiger partial charge in [-0.2, -0.15) is 0 Å². The minimum atomic E-state index is -0.181. The van der Waals surface area contributed by atoms with Gasteiger partial charge in [0.1, 0.15) is 0 Å². The number of carbonyl (C=O) groups excluding carboxylic acids is 2. The Morgan fingerprint density at radius 3 is 2.52 bits per heavy atom. The number of hydrogen-bond acceptors (Lipinski definition) is 5. The molecule has 27 heavy (non-hydrogen) atoms. The maximum atomic E-state index is 12.5. The quantitative estimate of drug-likeness (QED) is 0.614. The third kappa shape index (κ3) is 5.24. The number of nitrogens with one attached hydrogen (secondary N) is 2. The summed E-state index contributed by atoms with van der Waals surface area (Å²) < 4.78 is 0. The van der Waals surface area contributed by atoms with Crippen LogP contribution in [0.4, 0.5) is 5.13 Å². The van der Waals surface area contributed by atoms with Crippen LogP contribution in [0, 0.1) is 5.92 Å². The van der Waals surface area contributed by atoms with Gasteiger partial charge >= 0.3 is 0 Å². The van der Waals surface area contributed by atoms with Crippen LogP contribution in [0.3, 0.4) is 0 Å². The van der Waals surface area contributed by atoms with E-state index in [1.165, 1.54) is 22.7 Å². The smallest absolute Gasteiger partial charge is 0.267 e. The van der Waals surface area contributed by atoms with Crippen molar-refractivity contribution in [3.05, 3.63) is 69.4 Å². The predicted octanol–water partition coefficient (Wildman–Crippen LogP) is 4.51. The molecule has 2 aromatic heterocycles. The molecular weight excluding hydrogens is 378 g/mol. The molecule has 2 heterocycles. The van der Waals surface area contributed by atoms with E-state index >= 15 is 0 Å². The highest BCUT2D eigenvalue weighted by molar-refractivity contribution is 7.14. The molecule has 3 rings (SSSR count). The molecule has 1 atom stereocenters. The van der Waals surface area contributed by atoms with Crippen molar-refractivity contribution in [2.24, 2.45) is 5.92 Å². The predicted molar refractivity (Wildman–Crippen MR) is 110 cm³/mol.